The van der Waals surface area contributed by atoms with E-state index in [2.05, 4.69) is 39.2 Å². The number of rotatable bonds is 5. The highest BCUT2D eigenvalue weighted by molar-refractivity contribution is 6.74. The number of ether oxygens (including phenoxy) is 1. The fourth-order valence-corrected chi connectivity index (χ4v) is 3.32. The molecule has 1 amide bonds. The lowest BCUT2D eigenvalue weighted by Gasteiger charge is -2.37. The number of esters is 1. The van der Waals surface area contributed by atoms with Gasteiger partial charge in [-0.2, -0.15) is 0 Å². The monoisotopic (exact) mass is 315 g/mol. The maximum absolute atomic E-state index is 11.8. The fourth-order valence-electron chi connectivity index (χ4n) is 2.26. The van der Waals surface area contributed by atoms with Crippen molar-refractivity contribution < 1.29 is 18.8 Å². The number of methoxy groups -OCH3 is 1. The van der Waals surface area contributed by atoms with Gasteiger partial charge in [0.2, 0.25) is 5.91 Å². The van der Waals surface area contributed by atoms with Gasteiger partial charge in [0.05, 0.1) is 13.0 Å². The molecule has 6 heteroatoms. The van der Waals surface area contributed by atoms with Gasteiger partial charge >= 0.3 is 5.97 Å². The summed E-state index contributed by atoms with van der Waals surface area (Å²) >= 11 is 0. The number of piperidine rings is 1. The Balaban J connectivity index is 2.58. The molecule has 1 saturated heterocycles. The van der Waals surface area contributed by atoms with E-state index in [1.807, 2.05) is 0 Å². The molecule has 1 rings (SSSR count). The van der Waals surface area contributed by atoms with E-state index in [1.165, 1.54) is 7.11 Å². The summed E-state index contributed by atoms with van der Waals surface area (Å²) in [4.78, 5) is 23.4. The molecule has 0 aliphatic carbocycles. The molecular formula is C15H29NO4Si. The van der Waals surface area contributed by atoms with Crippen molar-refractivity contribution in [2.24, 2.45) is 11.8 Å². The van der Waals surface area contributed by atoms with E-state index in [4.69, 9.17) is 9.16 Å². The predicted molar refractivity (Wildman–Crippen MR) is 84.4 cm³/mol. The van der Waals surface area contributed by atoms with Crippen molar-refractivity contribution in [1.82, 2.24) is 5.32 Å². The molecule has 21 heavy (non-hydrogen) atoms. The van der Waals surface area contributed by atoms with Crippen molar-refractivity contribution in [3.63, 3.8) is 0 Å². The number of amides is 1. The lowest BCUT2D eigenvalue weighted by molar-refractivity contribution is -0.149. The minimum absolute atomic E-state index is 0.00693. The topological polar surface area (TPSA) is 64.6 Å². The minimum atomic E-state index is -1.78. The van der Waals surface area contributed by atoms with Crippen molar-refractivity contribution in [2.75, 3.05) is 20.3 Å². The molecule has 0 spiro atoms. The number of hydrogen-bond acceptors (Lipinski definition) is 4. The van der Waals surface area contributed by atoms with Crippen LogP contribution in [0.4, 0.5) is 0 Å². The summed E-state index contributed by atoms with van der Waals surface area (Å²) in [6, 6.07) is 0. The van der Waals surface area contributed by atoms with Gasteiger partial charge in [0.25, 0.3) is 0 Å². The molecule has 0 aromatic heterocycles. The quantitative estimate of drug-likeness (QED) is 0.624. The zero-order valence-electron chi connectivity index (χ0n) is 14.1. The zero-order valence-corrected chi connectivity index (χ0v) is 15.1. The van der Waals surface area contributed by atoms with Gasteiger partial charge in [-0.05, 0) is 30.5 Å². The molecular weight excluding hydrogens is 286 g/mol. The molecule has 0 saturated carbocycles. The van der Waals surface area contributed by atoms with Crippen LogP contribution in [-0.2, 0) is 18.8 Å². The summed E-state index contributed by atoms with van der Waals surface area (Å²) in [5.74, 6) is -0.480. The Hall–Kier alpha value is -0.883. The van der Waals surface area contributed by atoms with E-state index in [-0.39, 0.29) is 28.8 Å². The standard InChI is InChI=1S/C15H29NO4Si/c1-15(2,3)21(5,6)20-8-7-11-9-13(17)16-10-12(11)14(18)19-4/h11-12H,7-10H2,1-6H3,(H,16,17)/t11-,12-/m0/s1. The number of carbonyl (C=O) groups excluding carboxylic acids is 2. The average Bonchev–Trinajstić information content (AvgIpc) is 2.36. The third-order valence-corrected chi connectivity index (χ3v) is 9.34. The van der Waals surface area contributed by atoms with E-state index >= 15 is 0 Å². The SMILES string of the molecule is COC(=O)[C@H]1CNC(=O)C[C@@H]1CCO[Si](C)(C)C(C)(C)C. The first-order valence-electron chi connectivity index (χ1n) is 7.57. The van der Waals surface area contributed by atoms with Crippen LogP contribution in [0, 0.1) is 11.8 Å². The van der Waals surface area contributed by atoms with Crippen LogP contribution in [0.5, 0.6) is 0 Å². The molecule has 122 valence electrons. The summed E-state index contributed by atoms with van der Waals surface area (Å²) in [6.45, 7) is 12.0. The maximum atomic E-state index is 11.8. The number of carbonyl (C=O) groups is 2. The highest BCUT2D eigenvalue weighted by atomic mass is 28.4. The lowest BCUT2D eigenvalue weighted by Crippen LogP contribution is -2.46. The summed E-state index contributed by atoms with van der Waals surface area (Å²) in [6.07, 6.45) is 1.10. The molecule has 0 radical (unpaired) electrons. The molecule has 0 bridgehead atoms. The highest BCUT2D eigenvalue weighted by Crippen LogP contribution is 2.37. The molecule has 0 aromatic rings. The molecule has 5 nitrogen and oxygen atoms in total. The van der Waals surface area contributed by atoms with Gasteiger partial charge in [-0.1, -0.05) is 20.8 Å². The Morgan fingerprint density at radius 2 is 2.00 bits per heavy atom. The van der Waals surface area contributed by atoms with E-state index in [0.717, 1.165) is 6.42 Å². The summed E-state index contributed by atoms with van der Waals surface area (Å²) in [5, 5.41) is 2.90. The molecule has 0 aromatic carbocycles. The van der Waals surface area contributed by atoms with Gasteiger partial charge in [-0.15, -0.1) is 0 Å². The second kappa shape index (κ2) is 6.92. The lowest BCUT2D eigenvalue weighted by atomic mass is 9.84. The molecule has 2 atom stereocenters. The van der Waals surface area contributed by atoms with Crippen molar-refractivity contribution in [1.29, 1.82) is 0 Å². The first-order valence-corrected chi connectivity index (χ1v) is 10.5. The molecule has 1 aliphatic rings. The van der Waals surface area contributed by atoms with Gasteiger partial charge in [0.15, 0.2) is 8.32 Å². The second-order valence-electron chi connectivity index (χ2n) is 7.30. The third kappa shape index (κ3) is 4.81. The van der Waals surface area contributed by atoms with Gasteiger partial charge in [-0.25, -0.2) is 0 Å². The highest BCUT2D eigenvalue weighted by Gasteiger charge is 2.38. The first kappa shape index (κ1) is 18.2. The van der Waals surface area contributed by atoms with Crippen LogP contribution in [0.15, 0.2) is 0 Å². The first-order chi connectivity index (χ1) is 9.58. The second-order valence-corrected chi connectivity index (χ2v) is 12.1. The molecule has 1 fully saturated rings. The Morgan fingerprint density at radius 1 is 1.38 bits per heavy atom. The van der Waals surface area contributed by atoms with Crippen LogP contribution < -0.4 is 5.32 Å². The Labute approximate surface area is 128 Å². The number of nitrogens with one attached hydrogen (secondary N) is 1. The van der Waals surface area contributed by atoms with Crippen molar-refractivity contribution in [3.8, 4) is 0 Å². The molecule has 0 unspecified atom stereocenters. The van der Waals surface area contributed by atoms with Gasteiger partial charge < -0.3 is 14.5 Å². The average molecular weight is 315 g/mol. The largest absolute Gasteiger partial charge is 0.469 e. The van der Waals surface area contributed by atoms with Crippen LogP contribution in [-0.4, -0.2) is 40.5 Å². The van der Waals surface area contributed by atoms with Gasteiger partial charge in [0, 0.05) is 19.6 Å². The Morgan fingerprint density at radius 3 is 2.52 bits per heavy atom. The molecule has 1 aliphatic heterocycles. The Kier molecular flexibility index (Phi) is 5.98. The molecule has 1 N–H and O–H groups in total. The smallest absolute Gasteiger partial charge is 0.310 e. The van der Waals surface area contributed by atoms with E-state index < -0.39 is 8.32 Å². The van der Waals surface area contributed by atoms with Crippen LogP contribution in [0.3, 0.4) is 0 Å². The van der Waals surface area contributed by atoms with Crippen molar-refractivity contribution in [2.45, 2.75) is 51.7 Å². The normalized spacial score (nSPS) is 23.6. The van der Waals surface area contributed by atoms with Crippen LogP contribution in [0.25, 0.3) is 0 Å². The van der Waals surface area contributed by atoms with E-state index in [9.17, 15) is 9.59 Å². The van der Waals surface area contributed by atoms with Crippen LogP contribution >= 0.6 is 0 Å². The van der Waals surface area contributed by atoms with Crippen molar-refractivity contribution >= 4 is 20.2 Å². The van der Waals surface area contributed by atoms with Crippen LogP contribution in [0.2, 0.25) is 18.1 Å². The predicted octanol–water partition coefficient (Wildman–Crippen LogP) is 2.32. The number of hydrogen-bond donors (Lipinski definition) is 1. The van der Waals surface area contributed by atoms with Gasteiger partial charge in [0.1, 0.15) is 0 Å². The van der Waals surface area contributed by atoms with Crippen molar-refractivity contribution in [3.05, 3.63) is 0 Å². The van der Waals surface area contributed by atoms with Gasteiger partial charge in [-0.3, -0.25) is 9.59 Å². The third-order valence-electron chi connectivity index (χ3n) is 4.80. The maximum Gasteiger partial charge on any atom is 0.310 e. The van der Waals surface area contributed by atoms with E-state index in [0.29, 0.717) is 19.6 Å². The summed E-state index contributed by atoms with van der Waals surface area (Å²) in [5.41, 5.74) is 0. The summed E-state index contributed by atoms with van der Waals surface area (Å²) in [7, 11) is -0.390. The zero-order chi connectivity index (χ0) is 16.3. The Bertz CT molecular complexity index is 390. The minimum Gasteiger partial charge on any atom is -0.469 e. The fraction of sp³-hybridized carbons (Fsp3) is 0.867. The van der Waals surface area contributed by atoms with E-state index in [1.54, 1.807) is 0 Å². The molecule has 1 heterocycles. The summed E-state index contributed by atoms with van der Waals surface area (Å²) < 4.78 is 11.0. The van der Waals surface area contributed by atoms with Crippen LogP contribution in [0.1, 0.15) is 33.6 Å².